The minimum atomic E-state index is -0.248. The molecule has 1 N–H and O–H groups in total. The molecule has 1 atom stereocenters. The van der Waals surface area contributed by atoms with Crippen LogP contribution in [0.25, 0.3) is 0 Å². The fourth-order valence-corrected chi connectivity index (χ4v) is 1.65. The quantitative estimate of drug-likeness (QED) is 0.602. The maximum absolute atomic E-state index is 11.7. The average Bonchev–Trinajstić information content (AvgIpc) is 3.00. The molecule has 1 heterocycles. The molecule has 4 nitrogen and oxygen atoms in total. The Kier molecular flexibility index (Phi) is 2.19. The molecule has 0 spiro atoms. The summed E-state index contributed by atoms with van der Waals surface area (Å²) in [5.74, 6) is 0.419. The van der Waals surface area contributed by atoms with Crippen molar-refractivity contribution in [3.8, 4) is 6.07 Å². The molecule has 0 aromatic carbocycles. The van der Waals surface area contributed by atoms with E-state index < -0.39 is 0 Å². The number of piperazine rings is 1. The molecule has 13 heavy (non-hydrogen) atoms. The topological polar surface area (TPSA) is 56.1 Å². The smallest absolute Gasteiger partial charge is 0.226 e. The van der Waals surface area contributed by atoms with E-state index in [2.05, 4.69) is 11.4 Å². The van der Waals surface area contributed by atoms with Gasteiger partial charge >= 0.3 is 0 Å². The van der Waals surface area contributed by atoms with E-state index in [0.29, 0.717) is 13.1 Å². The third kappa shape index (κ3) is 1.65. The molecule has 1 unspecified atom stereocenters. The Morgan fingerprint density at radius 3 is 2.92 bits per heavy atom. The number of nitrogens with one attached hydrogen (secondary N) is 1. The Morgan fingerprint density at radius 2 is 2.31 bits per heavy atom. The molecular weight excluding hydrogens is 166 g/mol. The standard InChI is InChI=1S/C9H13N3O/c10-5-8-6-11-3-4-12(8)9(13)7-1-2-7/h7-8,11H,1-4,6H2. The van der Waals surface area contributed by atoms with E-state index in [9.17, 15) is 4.79 Å². The van der Waals surface area contributed by atoms with Gasteiger partial charge in [0.1, 0.15) is 6.04 Å². The summed E-state index contributed by atoms with van der Waals surface area (Å²) in [5.41, 5.74) is 0. The van der Waals surface area contributed by atoms with Crippen molar-refractivity contribution in [3.63, 3.8) is 0 Å². The van der Waals surface area contributed by atoms with Gasteiger partial charge in [-0.05, 0) is 12.8 Å². The van der Waals surface area contributed by atoms with Gasteiger partial charge in [0.15, 0.2) is 0 Å². The maximum Gasteiger partial charge on any atom is 0.226 e. The first-order chi connectivity index (χ1) is 6.33. The molecule has 0 bridgehead atoms. The number of carbonyl (C=O) groups excluding carboxylic acids is 1. The highest BCUT2D eigenvalue weighted by atomic mass is 16.2. The summed E-state index contributed by atoms with van der Waals surface area (Å²) in [6, 6.07) is 1.91. The van der Waals surface area contributed by atoms with Gasteiger partial charge in [-0.1, -0.05) is 0 Å². The molecule has 1 saturated heterocycles. The Labute approximate surface area is 77.5 Å². The normalized spacial score (nSPS) is 28.2. The van der Waals surface area contributed by atoms with E-state index in [4.69, 9.17) is 5.26 Å². The number of nitrogens with zero attached hydrogens (tertiary/aromatic N) is 2. The third-order valence-electron chi connectivity index (χ3n) is 2.60. The van der Waals surface area contributed by atoms with Gasteiger partial charge in [-0.25, -0.2) is 0 Å². The Morgan fingerprint density at radius 1 is 1.54 bits per heavy atom. The van der Waals surface area contributed by atoms with Gasteiger partial charge in [0.05, 0.1) is 6.07 Å². The zero-order chi connectivity index (χ0) is 9.26. The molecule has 1 amide bonds. The lowest BCUT2D eigenvalue weighted by Gasteiger charge is -2.32. The zero-order valence-electron chi connectivity index (χ0n) is 7.49. The van der Waals surface area contributed by atoms with E-state index in [1.165, 1.54) is 0 Å². The number of amides is 1. The van der Waals surface area contributed by atoms with Crippen LogP contribution in [0.4, 0.5) is 0 Å². The molecule has 1 aliphatic heterocycles. The predicted molar refractivity (Wildman–Crippen MR) is 46.7 cm³/mol. The SMILES string of the molecule is N#CC1CNCCN1C(=O)C1CC1. The number of hydrogen-bond acceptors (Lipinski definition) is 3. The molecular formula is C9H13N3O. The van der Waals surface area contributed by atoms with Gasteiger partial charge in [-0.3, -0.25) is 4.79 Å². The lowest BCUT2D eigenvalue weighted by molar-refractivity contribution is -0.134. The molecule has 0 radical (unpaired) electrons. The van der Waals surface area contributed by atoms with Crippen molar-refractivity contribution < 1.29 is 4.79 Å². The number of rotatable bonds is 1. The van der Waals surface area contributed by atoms with Gasteiger partial charge in [0, 0.05) is 25.6 Å². The zero-order valence-corrected chi connectivity index (χ0v) is 7.49. The minimum Gasteiger partial charge on any atom is -0.324 e. The van der Waals surface area contributed by atoms with Crippen LogP contribution >= 0.6 is 0 Å². The fraction of sp³-hybridized carbons (Fsp3) is 0.778. The van der Waals surface area contributed by atoms with Crippen LogP contribution < -0.4 is 5.32 Å². The second-order valence-electron chi connectivity index (χ2n) is 3.65. The van der Waals surface area contributed by atoms with Crippen LogP contribution in [0.3, 0.4) is 0 Å². The van der Waals surface area contributed by atoms with Gasteiger partial charge in [0.2, 0.25) is 5.91 Å². The molecule has 4 heteroatoms. The Balaban J connectivity index is 2.01. The van der Waals surface area contributed by atoms with E-state index in [1.807, 2.05) is 0 Å². The molecule has 1 saturated carbocycles. The first-order valence-corrected chi connectivity index (χ1v) is 4.73. The first kappa shape index (κ1) is 8.52. The Bertz CT molecular complexity index is 254. The monoisotopic (exact) mass is 179 g/mol. The van der Waals surface area contributed by atoms with Gasteiger partial charge in [-0.15, -0.1) is 0 Å². The highest BCUT2D eigenvalue weighted by Gasteiger charge is 2.37. The summed E-state index contributed by atoms with van der Waals surface area (Å²) in [4.78, 5) is 13.4. The van der Waals surface area contributed by atoms with Crippen molar-refractivity contribution in [2.75, 3.05) is 19.6 Å². The van der Waals surface area contributed by atoms with E-state index in [-0.39, 0.29) is 17.9 Å². The van der Waals surface area contributed by atoms with E-state index >= 15 is 0 Å². The van der Waals surface area contributed by atoms with Crippen LogP contribution in [0.1, 0.15) is 12.8 Å². The summed E-state index contributed by atoms with van der Waals surface area (Å²) < 4.78 is 0. The number of carbonyl (C=O) groups is 1. The predicted octanol–water partition coefficient (Wildman–Crippen LogP) is -0.280. The number of nitriles is 1. The van der Waals surface area contributed by atoms with E-state index in [0.717, 1.165) is 19.4 Å². The highest BCUT2D eigenvalue weighted by Crippen LogP contribution is 2.31. The minimum absolute atomic E-state index is 0.188. The van der Waals surface area contributed by atoms with Crippen LogP contribution in [0.15, 0.2) is 0 Å². The van der Waals surface area contributed by atoms with Crippen molar-refractivity contribution in [2.24, 2.45) is 5.92 Å². The molecule has 1 aliphatic carbocycles. The molecule has 2 aliphatic rings. The van der Waals surface area contributed by atoms with Crippen molar-refractivity contribution in [1.29, 1.82) is 5.26 Å². The van der Waals surface area contributed by atoms with Crippen molar-refractivity contribution >= 4 is 5.91 Å². The van der Waals surface area contributed by atoms with Gasteiger partial charge in [-0.2, -0.15) is 5.26 Å². The summed E-state index contributed by atoms with van der Waals surface area (Å²) in [6.45, 7) is 2.12. The molecule has 0 aromatic rings. The molecule has 0 aromatic heterocycles. The van der Waals surface area contributed by atoms with Gasteiger partial charge < -0.3 is 10.2 Å². The van der Waals surface area contributed by atoms with Crippen molar-refractivity contribution in [2.45, 2.75) is 18.9 Å². The van der Waals surface area contributed by atoms with Crippen LogP contribution in [0.5, 0.6) is 0 Å². The van der Waals surface area contributed by atoms with E-state index in [1.54, 1.807) is 4.90 Å². The maximum atomic E-state index is 11.7. The average molecular weight is 179 g/mol. The van der Waals surface area contributed by atoms with Gasteiger partial charge in [0.25, 0.3) is 0 Å². The number of hydrogen-bond donors (Lipinski definition) is 1. The van der Waals surface area contributed by atoms with Crippen LogP contribution in [-0.2, 0) is 4.79 Å². The summed E-state index contributed by atoms with van der Waals surface area (Å²) >= 11 is 0. The second kappa shape index (κ2) is 3.35. The van der Waals surface area contributed by atoms with Crippen molar-refractivity contribution in [1.82, 2.24) is 10.2 Å². The summed E-state index contributed by atoms with van der Waals surface area (Å²) in [6.07, 6.45) is 2.03. The second-order valence-corrected chi connectivity index (χ2v) is 3.65. The largest absolute Gasteiger partial charge is 0.324 e. The summed E-state index contributed by atoms with van der Waals surface area (Å²) in [5, 5.41) is 11.9. The fourth-order valence-electron chi connectivity index (χ4n) is 1.65. The third-order valence-corrected chi connectivity index (χ3v) is 2.60. The molecule has 70 valence electrons. The lowest BCUT2D eigenvalue weighted by atomic mass is 10.2. The highest BCUT2D eigenvalue weighted by molar-refractivity contribution is 5.81. The lowest BCUT2D eigenvalue weighted by Crippen LogP contribution is -2.53. The molecule has 2 rings (SSSR count). The Hall–Kier alpha value is -1.08. The molecule has 2 fully saturated rings. The van der Waals surface area contributed by atoms with Crippen LogP contribution in [-0.4, -0.2) is 36.5 Å². The van der Waals surface area contributed by atoms with Crippen LogP contribution in [0.2, 0.25) is 0 Å². The summed E-state index contributed by atoms with van der Waals surface area (Å²) in [7, 11) is 0. The van der Waals surface area contributed by atoms with Crippen LogP contribution in [0, 0.1) is 17.2 Å². The first-order valence-electron chi connectivity index (χ1n) is 4.73. The van der Waals surface area contributed by atoms with Crippen molar-refractivity contribution in [3.05, 3.63) is 0 Å².